The molecule has 0 saturated carbocycles. The largest absolute Gasteiger partial charge is 0.323 e. The molecule has 0 bridgehead atoms. The van der Waals surface area contributed by atoms with Crippen LogP contribution in [-0.4, -0.2) is 17.4 Å². The van der Waals surface area contributed by atoms with Crippen molar-refractivity contribution in [1.82, 2.24) is 0 Å². The van der Waals surface area contributed by atoms with Crippen molar-refractivity contribution < 1.29 is 18.4 Å². The smallest absolute Gasteiger partial charge is 0.234 e. The van der Waals surface area contributed by atoms with Crippen molar-refractivity contribution in [2.45, 2.75) is 32.1 Å². The topological polar surface area (TPSA) is 58.5 Å². The first-order valence-corrected chi connectivity index (χ1v) is 9.58. The number of amides is 1. The fraction of sp³-hybridized carbons (Fsp3) is 0.261. The third-order valence-electron chi connectivity index (χ3n) is 5.46. The maximum Gasteiger partial charge on any atom is 0.234 e. The van der Waals surface area contributed by atoms with Gasteiger partial charge in [0.2, 0.25) is 5.91 Å². The highest BCUT2D eigenvalue weighted by atomic mass is 19.1. The molecule has 1 N–H and O–H groups in total. The van der Waals surface area contributed by atoms with Crippen LogP contribution in [0.15, 0.2) is 64.8 Å². The molecule has 1 unspecified atom stereocenters. The predicted molar refractivity (Wildman–Crippen MR) is 107 cm³/mol. The number of carbonyl (C=O) groups is 2. The molecular formula is C23H20F2N2O2. The van der Waals surface area contributed by atoms with E-state index in [4.69, 9.17) is 0 Å². The van der Waals surface area contributed by atoms with Gasteiger partial charge < -0.3 is 5.32 Å². The van der Waals surface area contributed by atoms with E-state index < -0.39 is 29.4 Å². The molecule has 0 spiro atoms. The first kappa shape index (κ1) is 19.2. The highest BCUT2D eigenvalue weighted by molar-refractivity contribution is 6.13. The summed E-state index contributed by atoms with van der Waals surface area (Å²) >= 11 is 0. The van der Waals surface area contributed by atoms with Crippen molar-refractivity contribution in [1.29, 1.82) is 0 Å². The zero-order valence-corrected chi connectivity index (χ0v) is 15.9. The predicted octanol–water partition coefficient (Wildman–Crippen LogP) is 4.78. The van der Waals surface area contributed by atoms with Crippen molar-refractivity contribution in [3.8, 4) is 0 Å². The highest BCUT2D eigenvalue weighted by Gasteiger charge is 2.42. The van der Waals surface area contributed by atoms with Crippen molar-refractivity contribution in [2.75, 3.05) is 5.32 Å². The van der Waals surface area contributed by atoms with Gasteiger partial charge >= 0.3 is 0 Å². The zero-order valence-electron chi connectivity index (χ0n) is 15.9. The average Bonchev–Trinajstić information content (AvgIpc) is 2.70. The average molecular weight is 394 g/mol. The third-order valence-corrected chi connectivity index (χ3v) is 5.46. The minimum atomic E-state index is -0.853. The lowest BCUT2D eigenvalue weighted by atomic mass is 9.71. The van der Waals surface area contributed by atoms with E-state index in [1.165, 1.54) is 6.07 Å². The Kier molecular flexibility index (Phi) is 5.09. The van der Waals surface area contributed by atoms with Crippen LogP contribution in [0, 0.1) is 17.6 Å². The van der Waals surface area contributed by atoms with E-state index in [-0.39, 0.29) is 11.5 Å². The standard InChI is InChI=1S/C23H20F2N2O2/c1-13-20(23(29)27-17-11-10-15(24)12-16(17)25)21(14-6-3-2-4-7-14)22-18(26-13)8-5-9-19(22)28/h2-4,6-7,10-12,20-21H,5,8-9H2,1H3,(H,27,29)/t20?,21-/m0/s1. The zero-order chi connectivity index (χ0) is 20.5. The van der Waals surface area contributed by atoms with Gasteiger partial charge in [-0.3, -0.25) is 14.6 Å². The number of ketones is 1. The van der Waals surface area contributed by atoms with E-state index >= 15 is 0 Å². The molecule has 1 aliphatic heterocycles. The molecule has 2 aromatic rings. The van der Waals surface area contributed by atoms with Gasteiger partial charge in [0.15, 0.2) is 5.78 Å². The van der Waals surface area contributed by atoms with E-state index in [9.17, 15) is 18.4 Å². The van der Waals surface area contributed by atoms with E-state index in [1.54, 1.807) is 6.92 Å². The Hall–Kier alpha value is -3.15. The molecule has 2 atom stereocenters. The number of carbonyl (C=O) groups excluding carboxylic acids is 2. The number of hydrogen-bond acceptors (Lipinski definition) is 3. The van der Waals surface area contributed by atoms with Crippen LogP contribution in [0.1, 0.15) is 37.7 Å². The van der Waals surface area contributed by atoms with Gasteiger partial charge in [0, 0.05) is 35.4 Å². The summed E-state index contributed by atoms with van der Waals surface area (Å²) < 4.78 is 27.3. The van der Waals surface area contributed by atoms with Crippen LogP contribution in [0.5, 0.6) is 0 Å². The molecule has 1 heterocycles. The van der Waals surface area contributed by atoms with Crippen molar-refractivity contribution >= 4 is 23.1 Å². The number of benzene rings is 2. The highest BCUT2D eigenvalue weighted by Crippen LogP contribution is 2.43. The van der Waals surface area contributed by atoms with E-state index in [1.807, 2.05) is 30.3 Å². The Morgan fingerprint density at radius 3 is 2.59 bits per heavy atom. The number of aliphatic imine (C=N–C) groups is 1. The molecule has 6 heteroatoms. The van der Waals surface area contributed by atoms with Gasteiger partial charge in [-0.1, -0.05) is 30.3 Å². The minimum Gasteiger partial charge on any atom is -0.323 e. The molecule has 0 aromatic heterocycles. The number of anilines is 1. The Morgan fingerprint density at radius 2 is 1.86 bits per heavy atom. The van der Waals surface area contributed by atoms with Gasteiger partial charge in [0.25, 0.3) is 0 Å². The normalized spacial score (nSPS) is 21.5. The van der Waals surface area contributed by atoms with Crippen LogP contribution < -0.4 is 5.32 Å². The first-order chi connectivity index (χ1) is 14.0. The van der Waals surface area contributed by atoms with Crippen LogP contribution in [0.3, 0.4) is 0 Å². The van der Waals surface area contributed by atoms with E-state index in [0.29, 0.717) is 24.1 Å². The summed E-state index contributed by atoms with van der Waals surface area (Å²) in [5.41, 5.74) is 2.62. The molecule has 2 aromatic carbocycles. The molecular weight excluding hydrogens is 374 g/mol. The molecule has 0 saturated heterocycles. The van der Waals surface area contributed by atoms with Gasteiger partial charge in [-0.05, 0) is 37.5 Å². The summed E-state index contributed by atoms with van der Waals surface area (Å²) in [6.07, 6.45) is 1.87. The second-order valence-electron chi connectivity index (χ2n) is 7.37. The van der Waals surface area contributed by atoms with Crippen LogP contribution in [0.4, 0.5) is 14.5 Å². The van der Waals surface area contributed by atoms with Gasteiger partial charge in [-0.25, -0.2) is 8.78 Å². The summed E-state index contributed by atoms with van der Waals surface area (Å²) in [6.45, 7) is 1.75. The molecule has 1 amide bonds. The molecule has 1 aliphatic carbocycles. The van der Waals surface area contributed by atoms with Crippen molar-refractivity contribution in [3.63, 3.8) is 0 Å². The molecule has 4 rings (SSSR count). The lowest BCUT2D eigenvalue weighted by Gasteiger charge is -2.35. The number of hydrogen-bond donors (Lipinski definition) is 1. The lowest BCUT2D eigenvalue weighted by molar-refractivity contribution is -0.119. The van der Waals surface area contributed by atoms with Gasteiger partial charge in [-0.2, -0.15) is 0 Å². The van der Waals surface area contributed by atoms with Gasteiger partial charge in [-0.15, -0.1) is 0 Å². The molecule has 0 radical (unpaired) electrons. The number of Topliss-reactive ketones (excluding diaryl/α,β-unsaturated/α-hetero) is 1. The number of rotatable bonds is 3. The maximum absolute atomic E-state index is 14.1. The van der Waals surface area contributed by atoms with Gasteiger partial charge in [0.05, 0.1) is 11.6 Å². The summed E-state index contributed by atoms with van der Waals surface area (Å²) in [5, 5.41) is 2.55. The molecule has 148 valence electrons. The van der Waals surface area contributed by atoms with Crippen molar-refractivity contribution in [3.05, 3.63) is 77.0 Å². The second kappa shape index (κ2) is 7.70. The quantitative estimate of drug-likeness (QED) is 0.814. The second-order valence-corrected chi connectivity index (χ2v) is 7.37. The maximum atomic E-state index is 14.1. The number of nitrogens with zero attached hydrogens (tertiary/aromatic N) is 1. The fourth-order valence-corrected chi connectivity index (χ4v) is 4.17. The van der Waals surface area contributed by atoms with Crippen LogP contribution in [0.25, 0.3) is 0 Å². The Bertz CT molecular complexity index is 1040. The monoisotopic (exact) mass is 394 g/mol. The summed E-state index contributed by atoms with van der Waals surface area (Å²) in [6, 6.07) is 12.3. The Morgan fingerprint density at radius 1 is 1.10 bits per heavy atom. The van der Waals surface area contributed by atoms with E-state index in [2.05, 4.69) is 10.3 Å². The summed E-state index contributed by atoms with van der Waals surface area (Å²) in [5.74, 6) is -3.30. The lowest BCUT2D eigenvalue weighted by Crippen LogP contribution is -2.39. The van der Waals surface area contributed by atoms with Gasteiger partial charge in [0.1, 0.15) is 11.6 Å². The Balaban J connectivity index is 1.76. The number of allylic oxidation sites excluding steroid dienone is 2. The molecule has 29 heavy (non-hydrogen) atoms. The summed E-state index contributed by atoms with van der Waals surface area (Å²) in [4.78, 5) is 30.5. The summed E-state index contributed by atoms with van der Waals surface area (Å²) in [7, 11) is 0. The van der Waals surface area contributed by atoms with Crippen molar-refractivity contribution in [2.24, 2.45) is 10.9 Å². The Labute approximate surface area is 167 Å². The number of nitrogens with one attached hydrogen (secondary N) is 1. The molecule has 0 fully saturated rings. The van der Waals surface area contributed by atoms with Crippen LogP contribution >= 0.6 is 0 Å². The van der Waals surface area contributed by atoms with E-state index in [0.717, 1.165) is 29.8 Å². The first-order valence-electron chi connectivity index (χ1n) is 9.58. The minimum absolute atomic E-state index is 0.00196. The SMILES string of the molecule is CC1=NC2=C(C(=O)CCC2)[C@@H](c2ccccc2)C1C(=O)Nc1ccc(F)cc1F. The van der Waals surface area contributed by atoms with Crippen LogP contribution in [0.2, 0.25) is 0 Å². The third kappa shape index (κ3) is 3.62. The molecule has 4 nitrogen and oxygen atoms in total. The molecule has 2 aliphatic rings. The van der Waals surface area contributed by atoms with Crippen LogP contribution in [-0.2, 0) is 9.59 Å². The number of halogens is 2. The fourth-order valence-electron chi connectivity index (χ4n) is 4.17.